The van der Waals surface area contributed by atoms with Gasteiger partial charge in [0.05, 0.1) is 24.4 Å². The molecule has 7 atom stereocenters. The van der Waals surface area contributed by atoms with Crippen LogP contribution >= 0.6 is 0 Å². The van der Waals surface area contributed by atoms with Crippen molar-refractivity contribution in [1.29, 1.82) is 0 Å². The maximum Gasteiger partial charge on any atom is 0.0824 e. The highest BCUT2D eigenvalue weighted by atomic mass is 16.5. The second kappa shape index (κ2) is 6.82. The van der Waals surface area contributed by atoms with Crippen LogP contribution in [0.4, 0.5) is 0 Å². The van der Waals surface area contributed by atoms with E-state index in [-0.39, 0.29) is 0 Å². The molecule has 0 aliphatic heterocycles. The van der Waals surface area contributed by atoms with Gasteiger partial charge in [-0.15, -0.1) is 0 Å². The fourth-order valence-corrected chi connectivity index (χ4v) is 7.64. The zero-order valence-electron chi connectivity index (χ0n) is 18.8. The molecule has 4 aliphatic carbocycles. The molecule has 0 unspecified atom stereocenters. The zero-order chi connectivity index (χ0) is 20.4. The van der Waals surface area contributed by atoms with Crippen LogP contribution in [0.2, 0.25) is 0 Å². The van der Waals surface area contributed by atoms with Crippen LogP contribution in [0.3, 0.4) is 0 Å². The molecule has 4 aliphatic rings. The van der Waals surface area contributed by atoms with Crippen molar-refractivity contribution in [2.45, 2.75) is 97.2 Å². The summed E-state index contributed by atoms with van der Waals surface area (Å²) in [6.07, 6.45) is 12.0. The lowest BCUT2D eigenvalue weighted by molar-refractivity contribution is -0.0831. The van der Waals surface area contributed by atoms with Crippen molar-refractivity contribution in [1.82, 2.24) is 0 Å². The Morgan fingerprint density at radius 3 is 2.54 bits per heavy atom. The monoisotopic (exact) mass is 390 g/mol. The minimum absolute atomic E-state index is 0.308. The second-order valence-electron chi connectivity index (χ2n) is 12.1. The fraction of sp³-hybridized carbons (Fsp3) is 0.920. The van der Waals surface area contributed by atoms with Gasteiger partial charge in [0, 0.05) is 0 Å². The number of ether oxygens (including phenoxy) is 1. The first-order valence-electron chi connectivity index (χ1n) is 11.7. The van der Waals surface area contributed by atoms with Crippen molar-refractivity contribution in [2.24, 2.45) is 34.5 Å². The molecule has 0 heterocycles. The topological polar surface area (TPSA) is 49.7 Å². The summed E-state index contributed by atoms with van der Waals surface area (Å²) in [5.74, 6) is 3.03. The number of aliphatic hydroxyl groups is 2. The van der Waals surface area contributed by atoms with E-state index >= 15 is 0 Å². The molecule has 0 radical (unpaired) electrons. The Hall–Kier alpha value is -0.380. The van der Waals surface area contributed by atoms with E-state index in [0.29, 0.717) is 23.4 Å². The van der Waals surface area contributed by atoms with Gasteiger partial charge in [-0.2, -0.15) is 0 Å². The van der Waals surface area contributed by atoms with Crippen LogP contribution in [0.25, 0.3) is 0 Å². The molecular weight excluding hydrogens is 348 g/mol. The van der Waals surface area contributed by atoms with E-state index in [1.807, 2.05) is 20.8 Å². The van der Waals surface area contributed by atoms with E-state index < -0.39 is 11.2 Å². The lowest BCUT2D eigenvalue weighted by Gasteiger charge is -2.59. The van der Waals surface area contributed by atoms with Gasteiger partial charge in [-0.3, -0.25) is 0 Å². The lowest BCUT2D eigenvalue weighted by Crippen LogP contribution is -2.52. The number of allylic oxidation sites excluding steroid dienone is 1. The van der Waals surface area contributed by atoms with Crippen molar-refractivity contribution in [3.05, 3.63) is 11.6 Å². The van der Waals surface area contributed by atoms with Crippen molar-refractivity contribution >= 4 is 0 Å². The molecule has 0 saturated heterocycles. The highest BCUT2D eigenvalue weighted by Crippen LogP contribution is 2.66. The van der Waals surface area contributed by atoms with Gasteiger partial charge in [-0.1, -0.05) is 25.5 Å². The van der Waals surface area contributed by atoms with Crippen molar-refractivity contribution in [3.8, 4) is 0 Å². The summed E-state index contributed by atoms with van der Waals surface area (Å²) < 4.78 is 5.97. The quantitative estimate of drug-likeness (QED) is 0.656. The van der Waals surface area contributed by atoms with E-state index in [1.54, 1.807) is 5.57 Å². The maximum atomic E-state index is 10.6. The van der Waals surface area contributed by atoms with Gasteiger partial charge in [-0.25, -0.2) is 0 Å². The van der Waals surface area contributed by atoms with Crippen LogP contribution in [-0.2, 0) is 4.74 Å². The molecule has 3 heteroatoms. The molecular formula is C25H42O3. The first kappa shape index (κ1) is 20.9. The second-order valence-corrected chi connectivity index (χ2v) is 12.1. The minimum atomic E-state index is -0.738. The van der Waals surface area contributed by atoms with Gasteiger partial charge < -0.3 is 14.9 Å². The van der Waals surface area contributed by atoms with Gasteiger partial charge in [0.2, 0.25) is 0 Å². The third-order valence-electron chi connectivity index (χ3n) is 9.35. The molecule has 0 aromatic heterocycles. The Morgan fingerprint density at radius 2 is 1.82 bits per heavy atom. The predicted molar refractivity (Wildman–Crippen MR) is 113 cm³/mol. The molecule has 0 aromatic carbocycles. The Morgan fingerprint density at radius 1 is 1.07 bits per heavy atom. The summed E-state index contributed by atoms with van der Waals surface area (Å²) >= 11 is 0. The smallest absolute Gasteiger partial charge is 0.0824 e. The Kier molecular flexibility index (Phi) is 5.08. The van der Waals surface area contributed by atoms with E-state index in [1.165, 1.54) is 32.1 Å². The number of rotatable bonds is 4. The minimum Gasteiger partial charge on any atom is -0.390 e. The maximum absolute atomic E-state index is 10.6. The average molecular weight is 391 g/mol. The fourth-order valence-electron chi connectivity index (χ4n) is 7.64. The number of fused-ring (bicyclic) bond motifs is 5. The molecule has 0 aromatic rings. The molecule has 3 nitrogen and oxygen atoms in total. The van der Waals surface area contributed by atoms with Crippen molar-refractivity contribution < 1.29 is 14.9 Å². The van der Waals surface area contributed by atoms with Gasteiger partial charge in [-0.05, 0) is 107 Å². The molecule has 4 rings (SSSR count). The highest BCUT2D eigenvalue weighted by Gasteiger charge is 2.59. The van der Waals surface area contributed by atoms with E-state index in [9.17, 15) is 10.2 Å². The third kappa shape index (κ3) is 3.50. The summed E-state index contributed by atoms with van der Waals surface area (Å²) in [6.45, 7) is 11.9. The van der Waals surface area contributed by atoms with E-state index in [4.69, 9.17) is 4.74 Å². The van der Waals surface area contributed by atoms with Crippen LogP contribution in [0, 0.1) is 34.5 Å². The molecule has 28 heavy (non-hydrogen) atoms. The summed E-state index contributed by atoms with van der Waals surface area (Å²) in [7, 11) is 0. The number of hydrogen-bond donors (Lipinski definition) is 2. The van der Waals surface area contributed by atoms with Crippen LogP contribution in [0.1, 0.15) is 86.0 Å². The predicted octanol–water partition coefficient (Wildman–Crippen LogP) is 5.10. The summed E-state index contributed by atoms with van der Waals surface area (Å²) in [6, 6.07) is 0. The average Bonchev–Trinajstić information content (AvgIpc) is 2.91. The molecule has 160 valence electrons. The van der Waals surface area contributed by atoms with Crippen LogP contribution in [0.15, 0.2) is 11.6 Å². The largest absolute Gasteiger partial charge is 0.390 e. The van der Waals surface area contributed by atoms with Gasteiger partial charge in [0.1, 0.15) is 0 Å². The molecule has 3 saturated carbocycles. The van der Waals surface area contributed by atoms with Crippen LogP contribution in [0.5, 0.6) is 0 Å². The first-order chi connectivity index (χ1) is 12.9. The SMILES string of the molecule is CC(C)(O)COC[C@H]1CC[C@H]2[C@@H]3CC=C4C[C@@](C)(O)CC[C@]4(C)[C@H]3CC[C@]12C. The standard InChI is InChI=1S/C25H42O3/c1-22(2,26)16-28-15-18-7-9-20-19-8-6-17-14-23(3,27)12-13-25(17,5)21(19)10-11-24(18,20)4/h6,18-21,26-27H,7-16H2,1-5H3/t18-,19+,20+,21+,23+,24-,25+/m1/s1. The Balaban J connectivity index is 1.49. The Labute approximate surface area is 171 Å². The summed E-state index contributed by atoms with van der Waals surface area (Å²) in [5, 5.41) is 20.6. The first-order valence-corrected chi connectivity index (χ1v) is 11.7. The number of hydrogen-bond acceptors (Lipinski definition) is 3. The molecule has 0 amide bonds. The summed E-state index contributed by atoms with van der Waals surface area (Å²) in [4.78, 5) is 0. The van der Waals surface area contributed by atoms with Crippen LogP contribution in [-0.4, -0.2) is 34.6 Å². The third-order valence-corrected chi connectivity index (χ3v) is 9.35. The summed E-state index contributed by atoms with van der Waals surface area (Å²) in [5.41, 5.74) is 1.01. The lowest BCUT2D eigenvalue weighted by atomic mass is 9.47. The normalized spacial score (nSPS) is 48.5. The van der Waals surface area contributed by atoms with Gasteiger partial charge >= 0.3 is 0 Å². The molecule has 2 N–H and O–H groups in total. The molecule has 3 fully saturated rings. The van der Waals surface area contributed by atoms with Crippen molar-refractivity contribution in [2.75, 3.05) is 13.2 Å². The van der Waals surface area contributed by atoms with Gasteiger partial charge in [0.15, 0.2) is 0 Å². The van der Waals surface area contributed by atoms with Gasteiger partial charge in [0.25, 0.3) is 0 Å². The van der Waals surface area contributed by atoms with E-state index in [2.05, 4.69) is 19.9 Å². The molecule has 0 spiro atoms. The van der Waals surface area contributed by atoms with Crippen molar-refractivity contribution in [3.63, 3.8) is 0 Å². The van der Waals surface area contributed by atoms with Crippen LogP contribution < -0.4 is 0 Å². The van der Waals surface area contributed by atoms with E-state index in [0.717, 1.165) is 43.6 Å². The molecule has 0 bridgehead atoms. The Bertz CT molecular complexity index is 630. The zero-order valence-corrected chi connectivity index (χ0v) is 18.8. The highest BCUT2D eigenvalue weighted by molar-refractivity contribution is 5.26.